The zero-order valence-corrected chi connectivity index (χ0v) is 12.9. The van der Waals surface area contributed by atoms with Gasteiger partial charge in [-0.05, 0) is 37.5 Å². The van der Waals surface area contributed by atoms with E-state index in [1.54, 1.807) is 11.3 Å². The first-order valence-electron chi connectivity index (χ1n) is 7.15. The fourth-order valence-corrected chi connectivity index (χ4v) is 3.32. The second-order valence-corrected chi connectivity index (χ2v) is 6.54. The third-order valence-corrected chi connectivity index (χ3v) is 4.97. The summed E-state index contributed by atoms with van der Waals surface area (Å²) in [6.07, 6.45) is 2.63. The maximum absolute atomic E-state index is 12.4. The van der Waals surface area contributed by atoms with Crippen LogP contribution in [0.4, 0.5) is 5.69 Å². The largest absolute Gasteiger partial charge is 0.399 e. The Labute approximate surface area is 128 Å². The summed E-state index contributed by atoms with van der Waals surface area (Å²) in [5, 5.41) is 6.16. The van der Waals surface area contributed by atoms with Gasteiger partial charge >= 0.3 is 0 Å². The quantitative estimate of drug-likeness (QED) is 0.833. The van der Waals surface area contributed by atoms with Gasteiger partial charge in [0, 0.05) is 29.7 Å². The van der Waals surface area contributed by atoms with Gasteiger partial charge in [-0.3, -0.25) is 4.79 Å². The Morgan fingerprint density at radius 3 is 2.67 bits per heavy atom. The van der Waals surface area contributed by atoms with Crippen molar-refractivity contribution in [1.29, 1.82) is 0 Å². The number of benzene rings is 1. The molecule has 0 unspecified atom stereocenters. The normalized spacial score (nSPS) is 15.7. The van der Waals surface area contributed by atoms with E-state index in [4.69, 9.17) is 5.73 Å². The number of carbonyl (C=O) groups is 1. The number of nitrogens with zero attached hydrogens (tertiary/aromatic N) is 1. The van der Waals surface area contributed by atoms with E-state index < -0.39 is 0 Å². The number of aryl methyl sites for hydroxylation is 1. The molecule has 110 valence electrons. The Kier molecular flexibility index (Phi) is 3.68. The van der Waals surface area contributed by atoms with Crippen LogP contribution >= 0.6 is 11.3 Å². The SMILES string of the molecule is Cc1csc(CCNC(=O)C2(c3ccc(N)cc3)CC2)n1. The average molecular weight is 301 g/mol. The van der Waals surface area contributed by atoms with Gasteiger partial charge in [0.25, 0.3) is 0 Å². The summed E-state index contributed by atoms with van der Waals surface area (Å²) in [6, 6.07) is 7.65. The first-order chi connectivity index (χ1) is 10.1. The van der Waals surface area contributed by atoms with Crippen molar-refractivity contribution in [3.8, 4) is 0 Å². The molecule has 1 fully saturated rings. The summed E-state index contributed by atoms with van der Waals surface area (Å²) in [7, 11) is 0. The van der Waals surface area contributed by atoms with Crippen LogP contribution < -0.4 is 11.1 Å². The van der Waals surface area contributed by atoms with E-state index in [2.05, 4.69) is 10.3 Å². The molecule has 0 aliphatic heterocycles. The first-order valence-corrected chi connectivity index (χ1v) is 8.03. The number of nitrogen functional groups attached to an aromatic ring is 1. The minimum absolute atomic E-state index is 0.126. The van der Waals surface area contributed by atoms with E-state index in [1.165, 1.54) is 0 Å². The fraction of sp³-hybridized carbons (Fsp3) is 0.375. The fourth-order valence-electron chi connectivity index (χ4n) is 2.54. The molecule has 0 radical (unpaired) electrons. The standard InChI is InChI=1S/C16H19N3OS/c1-11-10-21-14(19-11)6-9-18-15(20)16(7-8-16)12-2-4-13(17)5-3-12/h2-5,10H,6-9,17H2,1H3,(H,18,20). The molecule has 1 aliphatic rings. The van der Waals surface area contributed by atoms with Gasteiger partial charge in [0.05, 0.1) is 10.4 Å². The number of amides is 1. The molecular weight excluding hydrogens is 282 g/mol. The smallest absolute Gasteiger partial charge is 0.230 e. The molecule has 0 atom stereocenters. The summed E-state index contributed by atoms with van der Waals surface area (Å²) in [5.41, 5.74) is 8.22. The Morgan fingerprint density at radius 2 is 2.10 bits per heavy atom. The van der Waals surface area contributed by atoms with Crippen molar-refractivity contribution in [2.24, 2.45) is 0 Å². The molecule has 1 aromatic heterocycles. The molecule has 4 nitrogen and oxygen atoms in total. The highest BCUT2D eigenvalue weighted by Crippen LogP contribution is 2.48. The van der Waals surface area contributed by atoms with Crippen molar-refractivity contribution in [3.05, 3.63) is 45.9 Å². The van der Waals surface area contributed by atoms with Gasteiger partial charge in [0.15, 0.2) is 0 Å². The molecule has 1 aromatic carbocycles. The number of rotatable bonds is 5. The molecule has 3 rings (SSSR count). The van der Waals surface area contributed by atoms with E-state index >= 15 is 0 Å². The lowest BCUT2D eigenvalue weighted by Crippen LogP contribution is -2.35. The van der Waals surface area contributed by atoms with Crippen molar-refractivity contribution in [1.82, 2.24) is 10.3 Å². The molecule has 2 aromatic rings. The van der Waals surface area contributed by atoms with Crippen molar-refractivity contribution >= 4 is 22.9 Å². The van der Waals surface area contributed by atoms with Crippen molar-refractivity contribution in [2.75, 3.05) is 12.3 Å². The maximum Gasteiger partial charge on any atom is 0.230 e. The summed E-state index contributed by atoms with van der Waals surface area (Å²) in [4.78, 5) is 16.9. The van der Waals surface area contributed by atoms with E-state index in [0.717, 1.165) is 41.2 Å². The molecular formula is C16H19N3OS. The molecule has 5 heteroatoms. The molecule has 1 saturated carbocycles. The van der Waals surface area contributed by atoms with E-state index in [1.807, 2.05) is 36.6 Å². The molecule has 21 heavy (non-hydrogen) atoms. The number of hydrogen-bond donors (Lipinski definition) is 2. The molecule has 0 spiro atoms. The highest BCUT2D eigenvalue weighted by molar-refractivity contribution is 7.09. The number of hydrogen-bond acceptors (Lipinski definition) is 4. The summed E-state index contributed by atoms with van der Waals surface area (Å²) >= 11 is 1.65. The predicted molar refractivity (Wildman–Crippen MR) is 85.3 cm³/mol. The number of nitrogens with two attached hydrogens (primary N) is 1. The first kappa shape index (κ1) is 14.1. The number of thiazole rings is 1. The van der Waals surface area contributed by atoms with Crippen LogP contribution in [0, 0.1) is 6.92 Å². The topological polar surface area (TPSA) is 68.0 Å². The number of aromatic nitrogens is 1. The number of anilines is 1. The van der Waals surface area contributed by atoms with Gasteiger partial charge in [0.2, 0.25) is 5.91 Å². The van der Waals surface area contributed by atoms with Crippen LogP contribution in [0.3, 0.4) is 0 Å². The van der Waals surface area contributed by atoms with Gasteiger partial charge in [-0.25, -0.2) is 4.98 Å². The Bertz CT molecular complexity index is 644. The minimum Gasteiger partial charge on any atom is -0.399 e. The third-order valence-electron chi connectivity index (χ3n) is 3.94. The third kappa shape index (κ3) is 2.93. The van der Waals surface area contributed by atoms with Gasteiger partial charge < -0.3 is 11.1 Å². The van der Waals surface area contributed by atoms with Crippen LogP contribution in [0.15, 0.2) is 29.6 Å². The van der Waals surface area contributed by atoms with E-state index in [9.17, 15) is 4.79 Å². The number of carbonyl (C=O) groups excluding carboxylic acids is 1. The molecule has 3 N–H and O–H groups in total. The predicted octanol–water partition coefficient (Wildman–Crippen LogP) is 2.42. The highest BCUT2D eigenvalue weighted by Gasteiger charge is 2.50. The van der Waals surface area contributed by atoms with Crippen molar-refractivity contribution in [3.63, 3.8) is 0 Å². The van der Waals surface area contributed by atoms with Crippen LogP contribution in [0.5, 0.6) is 0 Å². The summed E-state index contributed by atoms with van der Waals surface area (Å²) < 4.78 is 0. The van der Waals surface area contributed by atoms with Gasteiger partial charge in [0.1, 0.15) is 0 Å². The molecule has 1 aliphatic carbocycles. The number of nitrogens with one attached hydrogen (secondary N) is 1. The van der Waals surface area contributed by atoms with E-state index in [-0.39, 0.29) is 11.3 Å². The lowest BCUT2D eigenvalue weighted by atomic mass is 9.95. The Balaban J connectivity index is 1.59. The zero-order valence-electron chi connectivity index (χ0n) is 12.1. The lowest BCUT2D eigenvalue weighted by Gasteiger charge is -2.15. The van der Waals surface area contributed by atoms with Crippen LogP contribution in [0.25, 0.3) is 0 Å². The average Bonchev–Trinajstić information content (AvgIpc) is 3.18. The van der Waals surface area contributed by atoms with Crippen LogP contribution in [-0.2, 0) is 16.6 Å². The van der Waals surface area contributed by atoms with Crippen molar-refractivity contribution < 1.29 is 4.79 Å². The van der Waals surface area contributed by atoms with Crippen molar-refractivity contribution in [2.45, 2.75) is 31.6 Å². The second kappa shape index (κ2) is 5.48. The van der Waals surface area contributed by atoms with E-state index in [0.29, 0.717) is 6.54 Å². The summed E-state index contributed by atoms with van der Waals surface area (Å²) in [5.74, 6) is 0.126. The lowest BCUT2D eigenvalue weighted by molar-refractivity contribution is -0.123. The van der Waals surface area contributed by atoms with Gasteiger partial charge in [-0.15, -0.1) is 11.3 Å². The minimum atomic E-state index is -0.327. The molecule has 0 saturated heterocycles. The second-order valence-electron chi connectivity index (χ2n) is 5.59. The van der Waals surface area contributed by atoms with Gasteiger partial charge in [-0.1, -0.05) is 12.1 Å². The monoisotopic (exact) mass is 301 g/mol. The molecule has 0 bridgehead atoms. The van der Waals surface area contributed by atoms with Crippen LogP contribution in [0.2, 0.25) is 0 Å². The maximum atomic E-state index is 12.4. The van der Waals surface area contributed by atoms with Crippen LogP contribution in [0.1, 0.15) is 29.1 Å². The molecule has 1 amide bonds. The Morgan fingerprint density at radius 1 is 1.38 bits per heavy atom. The molecule has 1 heterocycles. The van der Waals surface area contributed by atoms with Crippen LogP contribution in [-0.4, -0.2) is 17.4 Å². The van der Waals surface area contributed by atoms with Gasteiger partial charge in [-0.2, -0.15) is 0 Å². The summed E-state index contributed by atoms with van der Waals surface area (Å²) in [6.45, 7) is 2.63. The Hall–Kier alpha value is -1.88. The zero-order chi connectivity index (χ0) is 14.9. The highest BCUT2D eigenvalue weighted by atomic mass is 32.1.